The molecule has 1 heterocycles. The molecule has 1 aliphatic heterocycles. The number of nitrogens with zero attached hydrogens (tertiary/aromatic N) is 5. The van der Waals surface area contributed by atoms with Crippen LogP contribution >= 0.6 is 0 Å². The zero-order valence-corrected chi connectivity index (χ0v) is 21.0. The van der Waals surface area contributed by atoms with E-state index in [0.717, 1.165) is 0 Å². The van der Waals surface area contributed by atoms with Gasteiger partial charge in [-0.1, -0.05) is 48.5 Å². The number of para-hydroxylation sites is 3. The molecule has 1 N–H and O–H groups in total. The maximum Gasteiger partial charge on any atom is 0.311 e. The Morgan fingerprint density at radius 2 is 1.39 bits per heavy atom. The van der Waals surface area contributed by atoms with Crippen molar-refractivity contribution in [2.45, 2.75) is 24.7 Å². The van der Waals surface area contributed by atoms with E-state index in [9.17, 15) is 25.7 Å². The summed E-state index contributed by atoms with van der Waals surface area (Å²) < 4.78 is 11.1. The van der Waals surface area contributed by atoms with Crippen molar-refractivity contribution in [1.82, 2.24) is 9.80 Å². The minimum absolute atomic E-state index is 0.226. The van der Waals surface area contributed by atoms with E-state index in [1.54, 1.807) is 54.6 Å². The lowest BCUT2D eigenvalue weighted by Crippen LogP contribution is -2.50. The number of phenols is 1. The number of nitro groups is 1. The molecule has 10 nitrogen and oxygen atoms in total. The third kappa shape index (κ3) is 4.83. The van der Waals surface area contributed by atoms with Gasteiger partial charge in [-0.05, 0) is 18.6 Å². The van der Waals surface area contributed by atoms with Crippen molar-refractivity contribution < 1.29 is 19.5 Å². The lowest BCUT2D eigenvalue weighted by Gasteiger charge is -2.47. The highest BCUT2D eigenvalue weighted by molar-refractivity contribution is 5.52. The molecule has 194 valence electrons. The highest BCUT2D eigenvalue weighted by Crippen LogP contribution is 2.46. The predicted octanol–water partition coefficient (Wildman–Crippen LogP) is 4.85. The molecule has 0 bridgehead atoms. The van der Waals surface area contributed by atoms with Gasteiger partial charge < -0.3 is 14.6 Å². The molecule has 0 saturated carbocycles. The first-order valence-electron chi connectivity index (χ1n) is 12.0. The maximum atomic E-state index is 11.7. The van der Waals surface area contributed by atoms with E-state index in [0.29, 0.717) is 42.1 Å². The van der Waals surface area contributed by atoms with Crippen molar-refractivity contribution in [3.8, 4) is 29.4 Å². The lowest BCUT2D eigenvalue weighted by molar-refractivity contribution is -0.386. The molecule has 0 aromatic heterocycles. The zero-order chi connectivity index (χ0) is 27.2. The highest BCUT2D eigenvalue weighted by atomic mass is 16.6. The summed E-state index contributed by atoms with van der Waals surface area (Å²) >= 11 is 0. The Balaban J connectivity index is 1.93. The van der Waals surface area contributed by atoms with Crippen molar-refractivity contribution in [1.29, 1.82) is 10.5 Å². The standard InChI is InChI=1S/C28H27N5O5/c1-37-25-13-5-3-9-19(25)23(17-29)31-15-8-16-32(24(18-30)20-10-4-6-14-26(20)38-2)28(31)21-11-7-12-22(27(21)34)33(35)36/h3-7,9-14,23-24,28,34H,8,15-16H2,1-2H3/t23-,24-/m0/s1. The maximum absolute atomic E-state index is 11.7. The summed E-state index contributed by atoms with van der Waals surface area (Å²) in [6.07, 6.45) is -0.250. The molecule has 0 aliphatic carbocycles. The third-order valence-electron chi connectivity index (χ3n) is 6.76. The average molecular weight is 514 g/mol. The molecule has 38 heavy (non-hydrogen) atoms. The van der Waals surface area contributed by atoms with Gasteiger partial charge in [0.05, 0.1) is 37.4 Å². The Labute approximate surface area is 220 Å². The molecular formula is C28H27N5O5. The number of aromatic hydroxyl groups is 1. The minimum Gasteiger partial charge on any atom is -0.502 e. The molecule has 0 radical (unpaired) electrons. The van der Waals surface area contributed by atoms with Gasteiger partial charge in [-0.15, -0.1) is 0 Å². The fourth-order valence-electron chi connectivity index (χ4n) is 5.10. The molecule has 3 aromatic rings. The van der Waals surface area contributed by atoms with Crippen LogP contribution in [0.25, 0.3) is 0 Å². The largest absolute Gasteiger partial charge is 0.502 e. The van der Waals surface area contributed by atoms with Crippen LogP contribution < -0.4 is 9.47 Å². The summed E-state index contributed by atoms with van der Waals surface area (Å²) in [5.74, 6) is 0.521. The van der Waals surface area contributed by atoms with Crippen LogP contribution in [-0.2, 0) is 0 Å². The number of hydrogen-bond acceptors (Lipinski definition) is 9. The van der Waals surface area contributed by atoms with Gasteiger partial charge in [0.15, 0.2) is 0 Å². The summed E-state index contributed by atoms with van der Waals surface area (Å²) in [4.78, 5) is 14.7. The van der Waals surface area contributed by atoms with E-state index in [2.05, 4.69) is 12.1 Å². The van der Waals surface area contributed by atoms with Crippen molar-refractivity contribution in [2.75, 3.05) is 27.3 Å². The second-order valence-corrected chi connectivity index (χ2v) is 8.72. The van der Waals surface area contributed by atoms with Gasteiger partial charge in [0.2, 0.25) is 5.75 Å². The van der Waals surface area contributed by atoms with Crippen LogP contribution in [0.4, 0.5) is 5.69 Å². The minimum atomic E-state index is -0.854. The summed E-state index contributed by atoms with van der Waals surface area (Å²) in [7, 11) is 3.04. The summed E-state index contributed by atoms with van der Waals surface area (Å²) in [5.41, 5.74) is 0.994. The molecule has 10 heteroatoms. The van der Waals surface area contributed by atoms with Crippen LogP contribution in [0.2, 0.25) is 0 Å². The molecule has 4 rings (SSSR count). The molecule has 1 saturated heterocycles. The van der Waals surface area contributed by atoms with Crippen LogP contribution in [0.5, 0.6) is 17.2 Å². The summed E-state index contributed by atoms with van der Waals surface area (Å²) in [6, 6.07) is 21.6. The van der Waals surface area contributed by atoms with Crippen LogP contribution in [-0.4, -0.2) is 47.1 Å². The van der Waals surface area contributed by atoms with Gasteiger partial charge in [-0.2, -0.15) is 10.5 Å². The number of benzene rings is 3. The molecule has 1 aliphatic rings. The Hall–Kier alpha value is -4.64. The first-order valence-corrected chi connectivity index (χ1v) is 12.0. The molecule has 0 unspecified atom stereocenters. The number of phenolic OH excluding ortho intramolecular Hbond substituents is 1. The quantitative estimate of drug-likeness (QED) is 0.331. The Bertz CT molecular complexity index is 1330. The van der Waals surface area contributed by atoms with Gasteiger partial charge in [0.25, 0.3) is 0 Å². The van der Waals surface area contributed by atoms with E-state index >= 15 is 0 Å². The number of nitriles is 2. The van der Waals surface area contributed by atoms with Crippen molar-refractivity contribution in [2.24, 2.45) is 0 Å². The topological polar surface area (TPSA) is 136 Å². The van der Waals surface area contributed by atoms with E-state index in [1.165, 1.54) is 26.4 Å². The third-order valence-corrected chi connectivity index (χ3v) is 6.76. The van der Waals surface area contributed by atoms with E-state index < -0.39 is 34.6 Å². The molecule has 0 spiro atoms. The molecule has 3 aromatic carbocycles. The smallest absolute Gasteiger partial charge is 0.311 e. The fraction of sp³-hybridized carbons (Fsp3) is 0.286. The Morgan fingerprint density at radius 1 is 0.895 bits per heavy atom. The number of methoxy groups -OCH3 is 2. The van der Waals surface area contributed by atoms with Crippen molar-refractivity contribution in [3.05, 3.63) is 93.5 Å². The molecular weight excluding hydrogens is 486 g/mol. The number of nitro benzene ring substituents is 1. The monoisotopic (exact) mass is 513 g/mol. The Morgan fingerprint density at radius 3 is 1.84 bits per heavy atom. The van der Waals surface area contributed by atoms with E-state index in [4.69, 9.17) is 9.47 Å². The van der Waals surface area contributed by atoms with E-state index in [-0.39, 0.29) is 5.56 Å². The van der Waals surface area contributed by atoms with Crippen LogP contribution in [0.15, 0.2) is 66.7 Å². The van der Waals surface area contributed by atoms with E-state index in [1.807, 2.05) is 9.80 Å². The highest BCUT2D eigenvalue weighted by Gasteiger charge is 2.42. The van der Waals surface area contributed by atoms with Crippen LogP contribution in [0.1, 0.15) is 41.4 Å². The molecule has 0 amide bonds. The van der Waals surface area contributed by atoms with Crippen molar-refractivity contribution >= 4 is 5.69 Å². The lowest BCUT2D eigenvalue weighted by atomic mass is 9.95. The number of hydrogen-bond donors (Lipinski definition) is 1. The van der Waals surface area contributed by atoms with Gasteiger partial charge in [0.1, 0.15) is 23.6 Å². The second kappa shape index (κ2) is 11.6. The predicted molar refractivity (Wildman–Crippen MR) is 138 cm³/mol. The molecule has 1 fully saturated rings. The van der Waals surface area contributed by atoms with Crippen LogP contribution in [0.3, 0.4) is 0 Å². The van der Waals surface area contributed by atoms with Gasteiger partial charge in [0, 0.05) is 35.8 Å². The fourth-order valence-corrected chi connectivity index (χ4v) is 5.10. The first kappa shape index (κ1) is 26.4. The normalized spacial score (nSPS) is 16.1. The van der Waals surface area contributed by atoms with Crippen molar-refractivity contribution in [3.63, 3.8) is 0 Å². The second-order valence-electron chi connectivity index (χ2n) is 8.72. The zero-order valence-electron chi connectivity index (χ0n) is 21.0. The van der Waals surface area contributed by atoms with Crippen LogP contribution in [0, 0.1) is 32.8 Å². The number of ether oxygens (including phenoxy) is 2. The number of rotatable bonds is 8. The SMILES string of the molecule is COc1ccccc1[C@H](C#N)N1CCCN([C@@H](C#N)c2ccccc2OC)C1c1cccc([N+](=O)[O-])c1O. The average Bonchev–Trinajstić information content (AvgIpc) is 2.95. The summed E-state index contributed by atoms with van der Waals surface area (Å²) in [6.45, 7) is 0.868. The summed E-state index contributed by atoms with van der Waals surface area (Å²) in [5, 5.41) is 43.6. The first-order chi connectivity index (χ1) is 18.5. The van der Waals surface area contributed by atoms with Gasteiger partial charge in [-0.25, -0.2) is 0 Å². The van der Waals surface area contributed by atoms with Gasteiger partial charge in [-0.3, -0.25) is 19.9 Å². The van der Waals surface area contributed by atoms with Gasteiger partial charge >= 0.3 is 5.69 Å². The molecule has 2 atom stereocenters. The Kier molecular flexibility index (Phi) is 8.07.